The maximum absolute atomic E-state index is 13.2. The number of aryl methyl sites for hydroxylation is 1. The number of para-hydroxylation sites is 1. The second kappa shape index (κ2) is 11.2. The number of rotatable bonds is 7. The quantitative estimate of drug-likeness (QED) is 0.275. The Labute approximate surface area is 231 Å². The van der Waals surface area contributed by atoms with Gasteiger partial charge in [-0.05, 0) is 62.8 Å². The third-order valence-electron chi connectivity index (χ3n) is 7.03. The van der Waals surface area contributed by atoms with Crippen LogP contribution in [0.3, 0.4) is 0 Å². The van der Waals surface area contributed by atoms with Gasteiger partial charge in [0.15, 0.2) is 0 Å². The maximum atomic E-state index is 13.2. The van der Waals surface area contributed by atoms with Crippen LogP contribution in [0.15, 0.2) is 47.0 Å². The molecule has 5 rings (SSSR count). The molecule has 10 heteroatoms. The second-order valence-electron chi connectivity index (χ2n) is 9.91. The lowest BCUT2D eigenvalue weighted by atomic mass is 9.86. The van der Waals surface area contributed by atoms with Crippen LogP contribution in [0.4, 0.5) is 11.8 Å². The van der Waals surface area contributed by atoms with Gasteiger partial charge in [0.05, 0.1) is 15.6 Å². The Balaban J connectivity index is 1.20. The first-order valence-electron chi connectivity index (χ1n) is 12.7. The number of carbonyl (C=O) groups is 1. The van der Waals surface area contributed by atoms with Crippen molar-refractivity contribution in [2.75, 3.05) is 30.9 Å². The zero-order chi connectivity index (χ0) is 26.8. The van der Waals surface area contributed by atoms with Gasteiger partial charge >= 0.3 is 0 Å². The van der Waals surface area contributed by atoms with Gasteiger partial charge in [0.2, 0.25) is 5.95 Å². The third kappa shape index (κ3) is 5.42. The Morgan fingerprint density at radius 1 is 1.03 bits per heavy atom. The van der Waals surface area contributed by atoms with E-state index < -0.39 is 0 Å². The van der Waals surface area contributed by atoms with E-state index in [4.69, 9.17) is 37.7 Å². The number of aromatic nitrogens is 3. The number of amides is 1. The maximum Gasteiger partial charge on any atom is 0.257 e. The Morgan fingerprint density at radius 2 is 1.74 bits per heavy atom. The van der Waals surface area contributed by atoms with Crippen molar-refractivity contribution in [1.82, 2.24) is 20.4 Å². The zero-order valence-corrected chi connectivity index (χ0v) is 23.1. The van der Waals surface area contributed by atoms with Crippen LogP contribution in [0.1, 0.15) is 41.8 Å². The average Bonchev–Trinajstić information content (AvgIpc) is 3.28. The van der Waals surface area contributed by atoms with Gasteiger partial charge in [-0.25, -0.2) is 4.98 Å². The van der Waals surface area contributed by atoms with Gasteiger partial charge < -0.3 is 20.1 Å². The molecule has 0 spiro atoms. The normalized spacial score (nSPS) is 17.4. The molecule has 2 heterocycles. The molecule has 0 unspecified atom stereocenters. The largest absolute Gasteiger partial charge is 0.362 e. The highest BCUT2D eigenvalue weighted by Gasteiger charge is 2.27. The van der Waals surface area contributed by atoms with Crippen molar-refractivity contribution in [1.29, 1.82) is 0 Å². The highest BCUT2D eigenvalue weighted by atomic mass is 35.5. The summed E-state index contributed by atoms with van der Waals surface area (Å²) in [5.41, 5.74) is 2.14. The van der Waals surface area contributed by atoms with Gasteiger partial charge in [0.1, 0.15) is 22.8 Å². The molecule has 0 radical (unpaired) electrons. The van der Waals surface area contributed by atoms with Crippen LogP contribution in [-0.4, -0.2) is 47.7 Å². The highest BCUT2D eigenvalue weighted by molar-refractivity contribution is 6.39. The van der Waals surface area contributed by atoms with Gasteiger partial charge in [-0.2, -0.15) is 4.98 Å². The van der Waals surface area contributed by atoms with Crippen molar-refractivity contribution in [3.63, 3.8) is 0 Å². The third-order valence-corrected chi connectivity index (χ3v) is 7.66. The number of hydrogen-bond donors (Lipinski definition) is 2. The standard InChI is InChI=1S/C28H30Cl2N6O2/c1-16-23(25(35-38-16)24-20(29)8-6-9-21(24)30)27(37)31-15-17-11-13-18(14-12-17)32-28-33-22-10-5-4-7-19(22)26(34-28)36(2)3/h4-10,17-18H,11-15H2,1-3H3,(H,31,37)(H,32,33,34)/t17-,18+. The van der Waals surface area contributed by atoms with E-state index in [-0.39, 0.29) is 11.9 Å². The first-order valence-corrected chi connectivity index (χ1v) is 13.5. The van der Waals surface area contributed by atoms with Crippen LogP contribution in [0.5, 0.6) is 0 Å². The zero-order valence-electron chi connectivity index (χ0n) is 21.6. The van der Waals surface area contributed by atoms with Crippen LogP contribution < -0.4 is 15.5 Å². The van der Waals surface area contributed by atoms with Crippen molar-refractivity contribution in [2.45, 2.75) is 38.6 Å². The summed E-state index contributed by atoms with van der Waals surface area (Å²) < 4.78 is 5.34. The molecule has 1 aliphatic rings. The Morgan fingerprint density at radius 3 is 2.45 bits per heavy atom. The number of nitrogens with zero attached hydrogens (tertiary/aromatic N) is 4. The summed E-state index contributed by atoms with van der Waals surface area (Å²) in [4.78, 5) is 24.7. The lowest BCUT2D eigenvalue weighted by Crippen LogP contribution is -2.34. The van der Waals surface area contributed by atoms with E-state index in [9.17, 15) is 4.79 Å². The fourth-order valence-corrected chi connectivity index (χ4v) is 5.59. The summed E-state index contributed by atoms with van der Waals surface area (Å²) in [7, 11) is 3.98. The smallest absolute Gasteiger partial charge is 0.257 e. The summed E-state index contributed by atoms with van der Waals surface area (Å²) in [5.74, 6) is 2.11. The van der Waals surface area contributed by atoms with Crippen molar-refractivity contribution in [3.8, 4) is 11.3 Å². The minimum atomic E-state index is -0.240. The second-order valence-corrected chi connectivity index (χ2v) is 10.7. The first kappa shape index (κ1) is 26.3. The fraction of sp³-hybridized carbons (Fsp3) is 0.357. The van der Waals surface area contributed by atoms with Crippen molar-refractivity contribution < 1.29 is 9.32 Å². The van der Waals surface area contributed by atoms with E-state index in [0.717, 1.165) is 42.4 Å². The molecule has 0 bridgehead atoms. The summed E-state index contributed by atoms with van der Waals surface area (Å²) >= 11 is 12.7. The van der Waals surface area contributed by atoms with E-state index >= 15 is 0 Å². The lowest BCUT2D eigenvalue weighted by molar-refractivity contribution is 0.0942. The molecule has 4 aromatic rings. The minimum absolute atomic E-state index is 0.240. The predicted molar refractivity (Wildman–Crippen MR) is 152 cm³/mol. The van der Waals surface area contributed by atoms with Gasteiger partial charge in [0, 0.05) is 37.6 Å². The number of benzene rings is 2. The monoisotopic (exact) mass is 552 g/mol. The lowest BCUT2D eigenvalue weighted by Gasteiger charge is -2.29. The van der Waals surface area contributed by atoms with Crippen LogP contribution in [-0.2, 0) is 0 Å². The molecule has 1 fully saturated rings. The van der Waals surface area contributed by atoms with Crippen LogP contribution in [0.25, 0.3) is 22.2 Å². The molecule has 198 valence electrons. The van der Waals surface area contributed by atoms with E-state index in [1.54, 1.807) is 25.1 Å². The fourth-order valence-electron chi connectivity index (χ4n) is 5.02. The van der Waals surface area contributed by atoms with E-state index in [2.05, 4.69) is 15.8 Å². The molecule has 2 aromatic carbocycles. The number of carbonyl (C=O) groups excluding carboxylic acids is 1. The molecule has 1 saturated carbocycles. The van der Waals surface area contributed by atoms with Crippen LogP contribution >= 0.6 is 23.2 Å². The molecule has 1 amide bonds. The van der Waals surface area contributed by atoms with Crippen LogP contribution in [0, 0.1) is 12.8 Å². The highest BCUT2D eigenvalue weighted by Crippen LogP contribution is 2.37. The van der Waals surface area contributed by atoms with Crippen molar-refractivity contribution in [2.24, 2.45) is 5.92 Å². The van der Waals surface area contributed by atoms with E-state index in [0.29, 0.717) is 51.0 Å². The molecule has 38 heavy (non-hydrogen) atoms. The molecule has 2 N–H and O–H groups in total. The molecular weight excluding hydrogens is 523 g/mol. The summed E-state index contributed by atoms with van der Waals surface area (Å²) in [5, 5.41) is 12.6. The van der Waals surface area contributed by atoms with Gasteiger partial charge in [0.25, 0.3) is 5.91 Å². The van der Waals surface area contributed by atoms with E-state index in [1.807, 2.05) is 43.3 Å². The summed E-state index contributed by atoms with van der Waals surface area (Å²) in [6.07, 6.45) is 3.91. The van der Waals surface area contributed by atoms with Gasteiger partial charge in [-0.1, -0.05) is 46.6 Å². The van der Waals surface area contributed by atoms with Gasteiger partial charge in [-0.3, -0.25) is 4.79 Å². The number of halogens is 2. The molecule has 8 nitrogen and oxygen atoms in total. The number of fused-ring (bicyclic) bond motifs is 1. The molecular formula is C28H30Cl2N6O2. The molecule has 0 atom stereocenters. The van der Waals surface area contributed by atoms with Gasteiger partial charge in [-0.15, -0.1) is 0 Å². The van der Waals surface area contributed by atoms with Crippen LogP contribution in [0.2, 0.25) is 10.0 Å². The Kier molecular flexibility index (Phi) is 7.72. The number of anilines is 2. The molecule has 0 aliphatic heterocycles. The SMILES string of the molecule is Cc1onc(-c2c(Cl)cccc2Cl)c1C(=O)NC[C@H]1CC[C@@H](Nc2nc(N(C)C)c3ccccc3n2)CC1. The predicted octanol–water partition coefficient (Wildman–Crippen LogP) is 6.37. The number of hydrogen-bond acceptors (Lipinski definition) is 7. The molecule has 2 aromatic heterocycles. The summed E-state index contributed by atoms with van der Waals surface area (Å²) in [6.45, 7) is 2.28. The van der Waals surface area contributed by atoms with Crippen molar-refractivity contribution >= 4 is 51.8 Å². The summed E-state index contributed by atoms with van der Waals surface area (Å²) in [6, 6.07) is 13.5. The molecule has 1 aliphatic carbocycles. The minimum Gasteiger partial charge on any atom is -0.362 e. The molecule has 0 saturated heterocycles. The number of nitrogens with one attached hydrogen (secondary N) is 2. The average molecular weight is 553 g/mol. The van der Waals surface area contributed by atoms with Crippen molar-refractivity contribution in [3.05, 3.63) is 63.8 Å². The topological polar surface area (TPSA) is 96.2 Å². The van der Waals surface area contributed by atoms with E-state index in [1.165, 1.54) is 0 Å². The first-order chi connectivity index (χ1) is 18.3. The Bertz CT molecular complexity index is 1440. The Hall–Kier alpha value is -3.36.